The van der Waals surface area contributed by atoms with Crippen LogP contribution < -0.4 is 22.5 Å². The minimum atomic E-state index is -1.65. The molecule has 0 bridgehead atoms. The van der Waals surface area contributed by atoms with Crippen LogP contribution >= 0.6 is 0 Å². The number of carboxylic acids is 2. The highest BCUT2D eigenvalue weighted by molar-refractivity contribution is 5.91. The van der Waals surface area contributed by atoms with Crippen molar-refractivity contribution in [3.05, 3.63) is 12.7 Å². The van der Waals surface area contributed by atoms with Gasteiger partial charge in [0.1, 0.15) is 0 Å². The monoisotopic (exact) mass is 235 g/mol. The molecule has 0 saturated heterocycles. The number of hydrogen-bond acceptors (Lipinski definition) is 5. The lowest BCUT2D eigenvalue weighted by Gasteiger charge is -2.28. The lowest BCUT2D eigenvalue weighted by Crippen LogP contribution is -2.50. The first-order chi connectivity index (χ1) is 6.40. The average molecular weight is 235 g/mol. The van der Waals surface area contributed by atoms with Crippen molar-refractivity contribution in [2.45, 2.75) is 12.5 Å². The molecule has 0 fully saturated rings. The second kappa shape index (κ2) is 8.38. The first kappa shape index (κ1) is 19.6. The maximum Gasteiger partial charge on any atom is 0.246 e. The van der Waals surface area contributed by atoms with Crippen LogP contribution in [0.25, 0.3) is 0 Å². The molecule has 16 heavy (non-hydrogen) atoms. The molecule has 94 valence electrons. The largest absolute Gasteiger partial charge is 0.550 e. The molecular formula is C8H17N3O5. The third-order valence-corrected chi connectivity index (χ3v) is 1.62. The summed E-state index contributed by atoms with van der Waals surface area (Å²) in [5.74, 6) is -3.91. The fourth-order valence-electron chi connectivity index (χ4n) is 0.834. The SMILES string of the molecule is C=CC(=O)N(C)[C@@H](CC(=O)[O-])C(=O)[O-].[NH4+].[NH4+]. The number of likely N-dealkylation sites (N-methyl/N-ethyl adjacent to an activating group) is 1. The Hall–Kier alpha value is -1.93. The lowest BCUT2D eigenvalue weighted by molar-refractivity contribution is -0.319. The zero-order valence-electron chi connectivity index (χ0n) is 9.56. The topological polar surface area (TPSA) is 174 Å². The quantitative estimate of drug-likeness (QED) is 0.506. The standard InChI is InChI=1S/C8H11NO5.2H3N/c1-3-6(10)9(2)5(8(13)14)4-7(11)12;;/h3,5H,1,4H2,2H3,(H,11,12)(H,13,14);2*1H3/t5-;;/m0../s1. The van der Waals surface area contributed by atoms with Crippen LogP contribution in [0.2, 0.25) is 0 Å². The van der Waals surface area contributed by atoms with Crippen LogP contribution in [-0.4, -0.2) is 35.8 Å². The molecule has 0 radical (unpaired) electrons. The van der Waals surface area contributed by atoms with E-state index in [9.17, 15) is 24.6 Å². The summed E-state index contributed by atoms with van der Waals surface area (Å²) in [6.45, 7) is 3.13. The van der Waals surface area contributed by atoms with Gasteiger partial charge in [0.2, 0.25) is 5.91 Å². The summed E-state index contributed by atoms with van der Waals surface area (Å²) in [5.41, 5.74) is 0. The average Bonchev–Trinajstić information content (AvgIpc) is 2.11. The Kier molecular flexibility index (Phi) is 10.3. The van der Waals surface area contributed by atoms with Crippen molar-refractivity contribution in [1.82, 2.24) is 17.2 Å². The van der Waals surface area contributed by atoms with E-state index < -0.39 is 30.3 Å². The second-order valence-electron chi connectivity index (χ2n) is 2.56. The van der Waals surface area contributed by atoms with E-state index in [2.05, 4.69) is 6.58 Å². The molecule has 0 saturated carbocycles. The highest BCUT2D eigenvalue weighted by Gasteiger charge is 2.19. The fourth-order valence-corrected chi connectivity index (χ4v) is 0.834. The van der Waals surface area contributed by atoms with Crippen LogP contribution in [0.3, 0.4) is 0 Å². The van der Waals surface area contributed by atoms with Gasteiger partial charge < -0.3 is 37.0 Å². The van der Waals surface area contributed by atoms with E-state index in [-0.39, 0.29) is 12.3 Å². The molecule has 1 amide bonds. The summed E-state index contributed by atoms with van der Waals surface area (Å²) in [7, 11) is 1.15. The highest BCUT2D eigenvalue weighted by Crippen LogP contribution is 2.01. The molecule has 0 spiro atoms. The Labute approximate surface area is 92.7 Å². The summed E-state index contributed by atoms with van der Waals surface area (Å²) < 4.78 is 0. The van der Waals surface area contributed by atoms with Crippen LogP contribution in [0.15, 0.2) is 12.7 Å². The molecule has 0 rings (SSSR count). The van der Waals surface area contributed by atoms with Crippen molar-refractivity contribution in [1.29, 1.82) is 0 Å². The molecule has 8 nitrogen and oxygen atoms in total. The molecule has 8 N–H and O–H groups in total. The summed E-state index contributed by atoms with van der Waals surface area (Å²) in [5, 5.41) is 20.6. The Morgan fingerprint density at radius 1 is 1.31 bits per heavy atom. The molecule has 0 aromatic heterocycles. The van der Waals surface area contributed by atoms with Gasteiger partial charge in [0.05, 0.1) is 12.0 Å². The fraction of sp³-hybridized carbons (Fsp3) is 0.375. The van der Waals surface area contributed by atoms with Gasteiger partial charge in [-0.15, -0.1) is 0 Å². The number of carboxylic acid groups (broad SMARTS) is 2. The maximum absolute atomic E-state index is 10.9. The van der Waals surface area contributed by atoms with Crippen LogP contribution in [0, 0.1) is 0 Å². The molecule has 0 aliphatic heterocycles. The lowest BCUT2D eigenvalue weighted by atomic mass is 10.2. The molecule has 1 atom stereocenters. The van der Waals surface area contributed by atoms with Crippen LogP contribution in [0.1, 0.15) is 6.42 Å². The van der Waals surface area contributed by atoms with Gasteiger partial charge in [-0.25, -0.2) is 0 Å². The van der Waals surface area contributed by atoms with Gasteiger partial charge in [-0.1, -0.05) is 6.58 Å². The molecule has 0 aromatic carbocycles. The second-order valence-corrected chi connectivity index (χ2v) is 2.56. The van der Waals surface area contributed by atoms with E-state index in [0.29, 0.717) is 0 Å². The van der Waals surface area contributed by atoms with Gasteiger partial charge in [0, 0.05) is 19.4 Å². The minimum Gasteiger partial charge on any atom is -0.550 e. The summed E-state index contributed by atoms with van der Waals surface area (Å²) >= 11 is 0. The zero-order valence-corrected chi connectivity index (χ0v) is 9.56. The van der Waals surface area contributed by atoms with Crippen molar-refractivity contribution < 1.29 is 24.6 Å². The van der Waals surface area contributed by atoms with Gasteiger partial charge in [0.15, 0.2) is 0 Å². The van der Waals surface area contributed by atoms with Crippen LogP contribution in [0.4, 0.5) is 0 Å². The molecule has 0 aliphatic rings. The maximum atomic E-state index is 10.9. The van der Waals surface area contributed by atoms with E-state index in [1.165, 1.54) is 0 Å². The first-order valence-electron chi connectivity index (χ1n) is 3.70. The zero-order chi connectivity index (χ0) is 11.3. The number of rotatable bonds is 5. The summed E-state index contributed by atoms with van der Waals surface area (Å²) in [6.07, 6.45) is 0.0730. The Balaban J connectivity index is -0.000000845. The molecule has 0 aromatic rings. The van der Waals surface area contributed by atoms with Crippen molar-refractivity contribution >= 4 is 17.8 Å². The number of carbonyl (C=O) groups is 3. The number of amides is 1. The van der Waals surface area contributed by atoms with E-state index in [0.717, 1.165) is 18.0 Å². The van der Waals surface area contributed by atoms with E-state index in [4.69, 9.17) is 0 Å². The summed E-state index contributed by atoms with van der Waals surface area (Å²) in [4.78, 5) is 32.3. The van der Waals surface area contributed by atoms with Gasteiger partial charge in [-0.05, 0) is 6.08 Å². The van der Waals surface area contributed by atoms with Crippen LogP contribution in [0.5, 0.6) is 0 Å². The van der Waals surface area contributed by atoms with E-state index in [1.807, 2.05) is 0 Å². The van der Waals surface area contributed by atoms with Gasteiger partial charge in [-0.3, -0.25) is 4.79 Å². The van der Waals surface area contributed by atoms with Gasteiger partial charge >= 0.3 is 0 Å². The molecular weight excluding hydrogens is 218 g/mol. The molecule has 8 heteroatoms. The van der Waals surface area contributed by atoms with Gasteiger partial charge in [-0.2, -0.15) is 0 Å². The van der Waals surface area contributed by atoms with E-state index >= 15 is 0 Å². The number of aliphatic carboxylic acids is 2. The predicted molar refractivity (Wildman–Crippen MR) is 53.4 cm³/mol. The van der Waals surface area contributed by atoms with E-state index in [1.54, 1.807) is 0 Å². The third kappa shape index (κ3) is 5.73. The van der Waals surface area contributed by atoms with Crippen molar-refractivity contribution in [2.24, 2.45) is 0 Å². The van der Waals surface area contributed by atoms with Crippen molar-refractivity contribution in [3.63, 3.8) is 0 Å². The third-order valence-electron chi connectivity index (χ3n) is 1.62. The van der Waals surface area contributed by atoms with Crippen molar-refractivity contribution in [2.75, 3.05) is 7.05 Å². The first-order valence-corrected chi connectivity index (χ1v) is 3.70. The Morgan fingerprint density at radius 2 is 1.75 bits per heavy atom. The smallest absolute Gasteiger partial charge is 0.246 e. The predicted octanol–water partition coefficient (Wildman–Crippen LogP) is -2.36. The van der Waals surface area contributed by atoms with Crippen molar-refractivity contribution in [3.8, 4) is 0 Å². The number of quaternary nitrogens is 2. The molecule has 0 aliphatic carbocycles. The normalized spacial score (nSPS) is 10.1. The molecule has 0 heterocycles. The minimum absolute atomic E-state index is 0. The Morgan fingerprint density at radius 3 is 2.00 bits per heavy atom. The number of hydrogen-bond donors (Lipinski definition) is 2. The summed E-state index contributed by atoms with van der Waals surface area (Å²) in [6, 6.07) is -1.54. The Bertz CT molecular complexity index is 279. The molecule has 0 unspecified atom stereocenters. The van der Waals surface area contributed by atoms with Gasteiger partial charge in [0.25, 0.3) is 0 Å². The van der Waals surface area contributed by atoms with Crippen LogP contribution in [-0.2, 0) is 14.4 Å². The number of nitrogens with zero attached hydrogens (tertiary/aromatic N) is 1. The number of carbonyl (C=O) groups excluding carboxylic acids is 3. The highest BCUT2D eigenvalue weighted by atomic mass is 16.4.